The monoisotopic (exact) mass is 423 g/mol. The van der Waals surface area contributed by atoms with Gasteiger partial charge < -0.3 is 10.2 Å². The molecule has 5 heteroatoms. The van der Waals surface area contributed by atoms with Crippen LogP contribution < -0.4 is 5.32 Å². The second-order valence-electron chi connectivity index (χ2n) is 8.05. The molecule has 0 saturated heterocycles. The SMILES string of the molecule is Cc1cccc(NC(=S)N(Cc2cc3ccc(C)c(C)c3nc2Cl)C2CC2)c1C. The minimum atomic E-state index is 0.464. The summed E-state index contributed by atoms with van der Waals surface area (Å²) in [6, 6.07) is 13.1. The minimum Gasteiger partial charge on any atom is -0.342 e. The van der Waals surface area contributed by atoms with Crippen molar-refractivity contribution >= 4 is 45.5 Å². The van der Waals surface area contributed by atoms with Crippen molar-refractivity contribution in [2.24, 2.45) is 0 Å². The van der Waals surface area contributed by atoms with Crippen LogP contribution in [0.5, 0.6) is 0 Å². The van der Waals surface area contributed by atoms with E-state index >= 15 is 0 Å². The van der Waals surface area contributed by atoms with Gasteiger partial charge >= 0.3 is 0 Å². The van der Waals surface area contributed by atoms with Crippen molar-refractivity contribution in [3.8, 4) is 0 Å². The van der Waals surface area contributed by atoms with Crippen LogP contribution in [0.4, 0.5) is 5.69 Å². The number of pyridine rings is 1. The van der Waals surface area contributed by atoms with E-state index < -0.39 is 0 Å². The molecule has 1 saturated carbocycles. The molecule has 1 aliphatic carbocycles. The number of nitrogens with zero attached hydrogens (tertiary/aromatic N) is 2. The summed E-state index contributed by atoms with van der Waals surface area (Å²) in [6.07, 6.45) is 2.32. The van der Waals surface area contributed by atoms with Gasteiger partial charge in [-0.15, -0.1) is 0 Å². The maximum atomic E-state index is 6.61. The molecule has 29 heavy (non-hydrogen) atoms. The van der Waals surface area contributed by atoms with Gasteiger partial charge in [0.1, 0.15) is 5.15 Å². The molecule has 0 radical (unpaired) electrons. The van der Waals surface area contributed by atoms with Crippen LogP contribution in [0.3, 0.4) is 0 Å². The van der Waals surface area contributed by atoms with E-state index in [9.17, 15) is 0 Å². The Morgan fingerprint density at radius 3 is 2.55 bits per heavy atom. The van der Waals surface area contributed by atoms with Gasteiger partial charge in [0.15, 0.2) is 5.11 Å². The quantitative estimate of drug-likeness (QED) is 0.383. The lowest BCUT2D eigenvalue weighted by Gasteiger charge is -2.27. The number of aromatic nitrogens is 1. The van der Waals surface area contributed by atoms with Crippen molar-refractivity contribution < 1.29 is 0 Å². The molecule has 0 unspecified atom stereocenters. The zero-order valence-corrected chi connectivity index (χ0v) is 18.9. The summed E-state index contributed by atoms with van der Waals surface area (Å²) in [5.74, 6) is 0. The molecule has 0 bridgehead atoms. The Balaban J connectivity index is 1.62. The number of nitrogens with one attached hydrogen (secondary N) is 1. The summed E-state index contributed by atoms with van der Waals surface area (Å²) in [5.41, 5.74) is 7.95. The molecule has 3 nitrogen and oxygen atoms in total. The Morgan fingerprint density at radius 2 is 1.83 bits per heavy atom. The highest BCUT2D eigenvalue weighted by Crippen LogP contribution is 2.32. The molecule has 0 amide bonds. The van der Waals surface area contributed by atoms with Crippen molar-refractivity contribution in [1.29, 1.82) is 0 Å². The first-order valence-corrected chi connectivity index (χ1v) is 10.8. The van der Waals surface area contributed by atoms with E-state index in [-0.39, 0.29) is 0 Å². The van der Waals surface area contributed by atoms with E-state index in [0.717, 1.165) is 40.1 Å². The molecule has 4 rings (SSSR count). The summed E-state index contributed by atoms with van der Waals surface area (Å²) in [6.45, 7) is 9.10. The van der Waals surface area contributed by atoms with Gasteiger partial charge in [-0.3, -0.25) is 0 Å². The van der Waals surface area contributed by atoms with Gasteiger partial charge in [0.05, 0.1) is 5.52 Å². The maximum absolute atomic E-state index is 6.61. The van der Waals surface area contributed by atoms with Gasteiger partial charge in [0, 0.05) is 29.2 Å². The lowest BCUT2D eigenvalue weighted by Crippen LogP contribution is -2.36. The Morgan fingerprint density at radius 1 is 1.10 bits per heavy atom. The van der Waals surface area contributed by atoms with Crippen molar-refractivity contribution in [2.75, 3.05) is 5.32 Å². The first kappa shape index (κ1) is 20.1. The van der Waals surface area contributed by atoms with Gasteiger partial charge in [-0.05, 0) is 87.1 Å². The number of aryl methyl sites for hydroxylation is 3. The fourth-order valence-corrected chi connectivity index (χ4v) is 4.15. The molecule has 0 atom stereocenters. The van der Waals surface area contributed by atoms with Gasteiger partial charge in [-0.1, -0.05) is 35.9 Å². The number of hydrogen-bond donors (Lipinski definition) is 1. The average molecular weight is 424 g/mol. The van der Waals surface area contributed by atoms with Crippen LogP contribution in [0, 0.1) is 27.7 Å². The lowest BCUT2D eigenvalue weighted by atomic mass is 10.0. The third-order valence-corrected chi connectivity index (χ3v) is 6.64. The fourth-order valence-electron chi connectivity index (χ4n) is 3.62. The zero-order chi connectivity index (χ0) is 20.7. The smallest absolute Gasteiger partial charge is 0.173 e. The van der Waals surface area contributed by atoms with Crippen molar-refractivity contribution in [2.45, 2.75) is 53.1 Å². The van der Waals surface area contributed by atoms with E-state index in [0.29, 0.717) is 17.7 Å². The summed E-state index contributed by atoms with van der Waals surface area (Å²) in [5, 5.41) is 5.89. The maximum Gasteiger partial charge on any atom is 0.173 e. The molecule has 1 aliphatic rings. The van der Waals surface area contributed by atoms with Crippen LogP contribution in [-0.2, 0) is 6.54 Å². The Hall–Kier alpha value is -2.17. The number of benzene rings is 2. The predicted octanol–water partition coefficient (Wildman–Crippen LogP) is 6.48. The number of anilines is 1. The molecule has 1 fully saturated rings. The van der Waals surface area contributed by atoms with E-state index in [1.165, 1.54) is 22.3 Å². The molecule has 1 N–H and O–H groups in total. The fraction of sp³-hybridized carbons (Fsp3) is 0.333. The standard InChI is InChI=1S/C24H26ClN3S/c1-14-6-5-7-21(16(14)3)26-24(29)28(20-10-11-20)13-19-12-18-9-8-15(2)17(4)22(18)27-23(19)25/h5-9,12,20H,10-11,13H2,1-4H3,(H,26,29). The summed E-state index contributed by atoms with van der Waals surface area (Å²) in [7, 11) is 0. The summed E-state index contributed by atoms with van der Waals surface area (Å²) in [4.78, 5) is 6.97. The van der Waals surface area contributed by atoms with E-state index in [1.54, 1.807) is 0 Å². The Bertz CT molecular complexity index is 1100. The zero-order valence-electron chi connectivity index (χ0n) is 17.3. The van der Waals surface area contributed by atoms with Crippen molar-refractivity contribution in [3.63, 3.8) is 0 Å². The van der Waals surface area contributed by atoms with Gasteiger partial charge in [0.2, 0.25) is 0 Å². The van der Waals surface area contributed by atoms with Crippen LogP contribution in [-0.4, -0.2) is 21.0 Å². The van der Waals surface area contributed by atoms with Crippen LogP contribution in [0.1, 0.15) is 40.7 Å². The average Bonchev–Trinajstić information content (AvgIpc) is 3.52. The number of hydrogen-bond acceptors (Lipinski definition) is 2. The molecule has 0 spiro atoms. The van der Waals surface area contributed by atoms with E-state index in [4.69, 9.17) is 28.8 Å². The van der Waals surface area contributed by atoms with Crippen LogP contribution in [0.25, 0.3) is 10.9 Å². The van der Waals surface area contributed by atoms with Crippen LogP contribution >= 0.6 is 23.8 Å². The Kier molecular flexibility index (Phi) is 5.50. The molecule has 150 valence electrons. The third-order valence-electron chi connectivity index (χ3n) is 5.97. The largest absolute Gasteiger partial charge is 0.342 e. The number of halogens is 1. The minimum absolute atomic E-state index is 0.464. The molecule has 1 aromatic heterocycles. The normalized spacial score (nSPS) is 13.6. The highest BCUT2D eigenvalue weighted by molar-refractivity contribution is 7.80. The molecule has 1 heterocycles. The highest BCUT2D eigenvalue weighted by Gasteiger charge is 2.31. The summed E-state index contributed by atoms with van der Waals surface area (Å²) < 4.78 is 0. The van der Waals surface area contributed by atoms with Gasteiger partial charge in [-0.25, -0.2) is 4.98 Å². The lowest BCUT2D eigenvalue weighted by molar-refractivity contribution is 0.409. The van der Waals surface area contributed by atoms with E-state index in [1.807, 2.05) is 0 Å². The van der Waals surface area contributed by atoms with Gasteiger partial charge in [-0.2, -0.15) is 0 Å². The second kappa shape index (κ2) is 7.92. The molecule has 3 aromatic rings. The predicted molar refractivity (Wildman–Crippen MR) is 127 cm³/mol. The van der Waals surface area contributed by atoms with Crippen LogP contribution in [0.15, 0.2) is 36.4 Å². The molecular formula is C24H26ClN3S. The second-order valence-corrected chi connectivity index (χ2v) is 8.80. The molecule has 2 aromatic carbocycles. The summed E-state index contributed by atoms with van der Waals surface area (Å²) >= 11 is 12.4. The molecule has 0 aliphatic heterocycles. The first-order valence-electron chi connectivity index (χ1n) is 10.0. The number of rotatable bonds is 4. The number of fused-ring (bicyclic) bond motifs is 1. The Labute approximate surface area is 183 Å². The molecular weight excluding hydrogens is 398 g/mol. The van der Waals surface area contributed by atoms with Crippen molar-refractivity contribution in [1.82, 2.24) is 9.88 Å². The highest BCUT2D eigenvalue weighted by atomic mass is 35.5. The van der Waals surface area contributed by atoms with Crippen LogP contribution in [0.2, 0.25) is 5.15 Å². The van der Waals surface area contributed by atoms with Crippen molar-refractivity contribution in [3.05, 3.63) is 69.4 Å². The topological polar surface area (TPSA) is 28.2 Å². The number of thiocarbonyl (C=S) groups is 1. The van der Waals surface area contributed by atoms with Gasteiger partial charge in [0.25, 0.3) is 0 Å². The van der Waals surface area contributed by atoms with E-state index in [2.05, 4.69) is 74.3 Å². The third kappa shape index (κ3) is 4.10. The first-order chi connectivity index (χ1) is 13.8.